The Bertz CT molecular complexity index is 706. The molecule has 1 saturated heterocycles. The van der Waals surface area contributed by atoms with Gasteiger partial charge in [-0.1, -0.05) is 0 Å². The summed E-state index contributed by atoms with van der Waals surface area (Å²) in [6, 6.07) is 1.79. The van der Waals surface area contributed by atoms with Crippen LogP contribution in [-0.4, -0.2) is 38.8 Å². The van der Waals surface area contributed by atoms with Crippen LogP contribution in [0.15, 0.2) is 27.9 Å². The molecular weight excluding hydrogens is 272 g/mol. The Morgan fingerprint density at radius 1 is 1.48 bits per heavy atom. The molecule has 0 aromatic carbocycles. The largest absolute Gasteiger partial charge is 0.448 e. The summed E-state index contributed by atoms with van der Waals surface area (Å²) < 4.78 is 5.09. The smallest absolute Gasteiger partial charge is 0.345 e. The Kier molecular flexibility index (Phi) is 3.55. The van der Waals surface area contributed by atoms with E-state index in [0.717, 1.165) is 18.5 Å². The Balaban J connectivity index is 1.79. The van der Waals surface area contributed by atoms with Crippen LogP contribution in [0.5, 0.6) is 0 Å². The highest BCUT2D eigenvalue weighted by atomic mass is 16.3. The van der Waals surface area contributed by atoms with Crippen molar-refractivity contribution in [3.8, 4) is 0 Å². The molecule has 0 spiro atoms. The lowest BCUT2D eigenvalue weighted by Crippen LogP contribution is -2.40. The second-order valence-corrected chi connectivity index (χ2v) is 5.18. The number of aryl methyl sites for hydroxylation is 1. The van der Waals surface area contributed by atoms with Gasteiger partial charge >= 0.3 is 5.69 Å². The maximum atomic E-state index is 12.4. The molecule has 7 heteroatoms. The highest BCUT2D eigenvalue weighted by Crippen LogP contribution is 2.26. The van der Waals surface area contributed by atoms with Crippen LogP contribution in [0.25, 0.3) is 0 Å². The fourth-order valence-electron chi connectivity index (χ4n) is 2.70. The van der Waals surface area contributed by atoms with Crippen LogP contribution in [0.4, 0.5) is 0 Å². The van der Waals surface area contributed by atoms with E-state index in [1.807, 2.05) is 0 Å². The molecule has 0 bridgehead atoms. The molecule has 1 aliphatic heterocycles. The molecule has 7 nitrogen and oxygen atoms in total. The number of amides is 1. The van der Waals surface area contributed by atoms with Crippen molar-refractivity contribution in [1.82, 2.24) is 19.9 Å². The van der Waals surface area contributed by atoms with Crippen molar-refractivity contribution in [1.29, 1.82) is 0 Å². The van der Waals surface area contributed by atoms with Gasteiger partial charge in [-0.05, 0) is 25.8 Å². The number of hydrogen-bond donors (Lipinski definition) is 1. The molecule has 2 aromatic rings. The van der Waals surface area contributed by atoms with Gasteiger partial charge in [0.25, 0.3) is 5.91 Å². The number of H-pyrrole nitrogens is 1. The van der Waals surface area contributed by atoms with Gasteiger partial charge in [0.1, 0.15) is 5.76 Å². The number of oxazole rings is 1. The lowest BCUT2D eigenvalue weighted by atomic mass is 9.94. The normalized spacial score (nSPS) is 18.7. The number of nitrogens with zero attached hydrogens (tertiary/aromatic N) is 3. The monoisotopic (exact) mass is 288 g/mol. The van der Waals surface area contributed by atoms with Gasteiger partial charge in [0.2, 0.25) is 0 Å². The number of likely N-dealkylation sites (tertiary alicyclic amines) is 1. The molecular formula is C14H16N4O3. The molecule has 0 aliphatic carbocycles. The third-order valence-corrected chi connectivity index (χ3v) is 3.79. The fourth-order valence-corrected chi connectivity index (χ4v) is 2.70. The number of carbonyl (C=O) groups is 1. The summed E-state index contributed by atoms with van der Waals surface area (Å²) in [6.07, 6.45) is 4.60. The minimum atomic E-state index is -0.358. The number of aromatic nitrogens is 3. The van der Waals surface area contributed by atoms with Crippen LogP contribution in [0.1, 0.15) is 40.7 Å². The summed E-state index contributed by atoms with van der Waals surface area (Å²) in [4.78, 5) is 35.9. The zero-order chi connectivity index (χ0) is 14.8. The molecule has 0 radical (unpaired) electrons. The van der Waals surface area contributed by atoms with E-state index < -0.39 is 0 Å². The van der Waals surface area contributed by atoms with Crippen LogP contribution in [0, 0.1) is 6.92 Å². The fraction of sp³-hybridized carbons (Fsp3) is 0.429. The second-order valence-electron chi connectivity index (χ2n) is 5.18. The average Bonchev–Trinajstić information content (AvgIpc) is 2.93. The molecule has 1 N–H and O–H groups in total. The molecule has 2 aromatic heterocycles. The number of aromatic amines is 1. The molecule has 1 atom stereocenters. The predicted octanol–water partition coefficient (Wildman–Crippen LogP) is 1.09. The van der Waals surface area contributed by atoms with Gasteiger partial charge in [-0.3, -0.25) is 4.79 Å². The molecule has 110 valence electrons. The Morgan fingerprint density at radius 3 is 3.05 bits per heavy atom. The number of piperidine rings is 1. The topological polar surface area (TPSA) is 92.1 Å². The maximum Gasteiger partial charge on any atom is 0.345 e. The Hall–Kier alpha value is -2.44. The molecule has 21 heavy (non-hydrogen) atoms. The molecule has 3 heterocycles. The van der Waals surface area contributed by atoms with E-state index in [1.165, 1.54) is 12.6 Å². The van der Waals surface area contributed by atoms with Crippen molar-refractivity contribution in [3.63, 3.8) is 0 Å². The van der Waals surface area contributed by atoms with Crippen molar-refractivity contribution < 1.29 is 9.21 Å². The molecule has 1 amide bonds. The predicted molar refractivity (Wildman–Crippen MR) is 74.0 cm³/mol. The standard InChI is InChI=1S/C14H16N4O3/c1-9-12(16-8-21-9)13(19)18-6-2-3-10(7-18)11-4-5-15-14(20)17-11/h4-5,8,10H,2-3,6-7H2,1H3,(H,15,17,20). The minimum absolute atomic E-state index is 0.116. The number of nitrogens with one attached hydrogen (secondary N) is 1. The quantitative estimate of drug-likeness (QED) is 0.893. The van der Waals surface area contributed by atoms with Crippen LogP contribution in [-0.2, 0) is 0 Å². The second kappa shape index (κ2) is 5.51. The van der Waals surface area contributed by atoms with E-state index in [2.05, 4.69) is 15.0 Å². The summed E-state index contributed by atoms with van der Waals surface area (Å²) in [5, 5.41) is 0. The van der Waals surface area contributed by atoms with Crippen molar-refractivity contribution in [3.05, 3.63) is 46.3 Å². The average molecular weight is 288 g/mol. The highest BCUT2D eigenvalue weighted by molar-refractivity contribution is 5.93. The number of rotatable bonds is 2. The van der Waals surface area contributed by atoms with Gasteiger partial charge in [-0.15, -0.1) is 0 Å². The molecule has 1 aliphatic rings. The third-order valence-electron chi connectivity index (χ3n) is 3.79. The molecule has 0 saturated carbocycles. The first-order valence-corrected chi connectivity index (χ1v) is 6.89. The first-order valence-electron chi connectivity index (χ1n) is 6.89. The number of hydrogen-bond acceptors (Lipinski definition) is 5. The third kappa shape index (κ3) is 2.72. The lowest BCUT2D eigenvalue weighted by Gasteiger charge is -2.32. The summed E-state index contributed by atoms with van der Waals surface area (Å²) in [6.45, 7) is 2.98. The van der Waals surface area contributed by atoms with E-state index in [4.69, 9.17) is 4.42 Å². The molecule has 1 fully saturated rings. The van der Waals surface area contributed by atoms with E-state index in [9.17, 15) is 9.59 Å². The van der Waals surface area contributed by atoms with Gasteiger partial charge in [0.15, 0.2) is 12.1 Å². The zero-order valence-electron chi connectivity index (χ0n) is 11.7. The highest BCUT2D eigenvalue weighted by Gasteiger charge is 2.28. The zero-order valence-corrected chi connectivity index (χ0v) is 11.7. The van der Waals surface area contributed by atoms with Gasteiger partial charge in [-0.25, -0.2) is 14.8 Å². The van der Waals surface area contributed by atoms with Gasteiger partial charge < -0.3 is 14.3 Å². The van der Waals surface area contributed by atoms with Gasteiger partial charge in [0.05, 0.1) is 0 Å². The minimum Gasteiger partial charge on any atom is -0.448 e. The Morgan fingerprint density at radius 2 is 2.33 bits per heavy atom. The van der Waals surface area contributed by atoms with Crippen molar-refractivity contribution >= 4 is 5.91 Å². The summed E-state index contributed by atoms with van der Waals surface area (Å²) in [5.74, 6) is 0.521. The number of carbonyl (C=O) groups excluding carboxylic acids is 1. The van der Waals surface area contributed by atoms with Crippen LogP contribution >= 0.6 is 0 Å². The van der Waals surface area contributed by atoms with E-state index in [0.29, 0.717) is 24.5 Å². The first kappa shape index (κ1) is 13.5. The van der Waals surface area contributed by atoms with Crippen molar-refractivity contribution in [2.24, 2.45) is 0 Å². The van der Waals surface area contributed by atoms with Crippen LogP contribution in [0.2, 0.25) is 0 Å². The van der Waals surface area contributed by atoms with Crippen molar-refractivity contribution in [2.45, 2.75) is 25.7 Å². The summed E-state index contributed by atoms with van der Waals surface area (Å²) in [5.41, 5.74) is 0.826. The SMILES string of the molecule is Cc1ocnc1C(=O)N1CCCC(c2ccnc(=O)[nH]2)C1. The van der Waals surface area contributed by atoms with E-state index >= 15 is 0 Å². The van der Waals surface area contributed by atoms with Gasteiger partial charge in [0, 0.05) is 30.9 Å². The maximum absolute atomic E-state index is 12.4. The van der Waals surface area contributed by atoms with Crippen molar-refractivity contribution in [2.75, 3.05) is 13.1 Å². The summed E-state index contributed by atoms with van der Waals surface area (Å²) >= 11 is 0. The first-order chi connectivity index (χ1) is 10.1. The molecule has 3 rings (SSSR count). The molecule has 1 unspecified atom stereocenters. The van der Waals surface area contributed by atoms with E-state index in [1.54, 1.807) is 17.9 Å². The van der Waals surface area contributed by atoms with Crippen LogP contribution in [0.3, 0.4) is 0 Å². The lowest BCUT2D eigenvalue weighted by molar-refractivity contribution is 0.0698. The Labute approximate surface area is 121 Å². The van der Waals surface area contributed by atoms with Crippen LogP contribution < -0.4 is 5.69 Å². The van der Waals surface area contributed by atoms with Gasteiger partial charge in [-0.2, -0.15) is 0 Å². The van der Waals surface area contributed by atoms with E-state index in [-0.39, 0.29) is 17.5 Å². The summed E-state index contributed by atoms with van der Waals surface area (Å²) in [7, 11) is 0.